The van der Waals surface area contributed by atoms with Crippen LogP contribution in [0.5, 0.6) is 11.5 Å². The molecule has 8 nitrogen and oxygen atoms in total. The Morgan fingerprint density at radius 2 is 1.36 bits per heavy atom. The lowest BCUT2D eigenvalue weighted by Gasteiger charge is -2.11. The summed E-state index contributed by atoms with van der Waals surface area (Å²) in [4.78, 5) is 35.6. The van der Waals surface area contributed by atoms with Crippen LogP contribution < -0.4 is 21.1 Å². The molecule has 0 unspecified atom stereocenters. The average molecular weight is 447 g/mol. The van der Waals surface area contributed by atoms with Crippen LogP contribution in [0.25, 0.3) is 0 Å². The van der Waals surface area contributed by atoms with Gasteiger partial charge in [-0.3, -0.25) is 14.9 Å². The minimum atomic E-state index is -0.549. The topological polar surface area (TPSA) is 120 Å². The second kappa shape index (κ2) is 10.8. The van der Waals surface area contributed by atoms with Crippen LogP contribution in [0.2, 0.25) is 0 Å². The van der Waals surface area contributed by atoms with Crippen molar-refractivity contribution in [3.05, 3.63) is 83.9 Å². The van der Waals surface area contributed by atoms with Crippen molar-refractivity contribution in [2.45, 2.75) is 13.8 Å². The molecule has 0 aliphatic heterocycles. The molecule has 3 rings (SSSR count). The number of primary amides is 1. The molecule has 0 spiro atoms. The molecule has 0 aliphatic carbocycles. The van der Waals surface area contributed by atoms with Crippen molar-refractivity contribution >= 4 is 29.3 Å². The minimum absolute atomic E-state index is 0.237. The molecule has 0 heterocycles. The summed E-state index contributed by atoms with van der Waals surface area (Å²) in [6.45, 7) is 4.22. The second-order valence-corrected chi connectivity index (χ2v) is 7.67. The Labute approximate surface area is 191 Å². The van der Waals surface area contributed by atoms with Crippen molar-refractivity contribution in [3.63, 3.8) is 0 Å². The predicted octanol–water partition coefficient (Wildman–Crippen LogP) is 5.03. The first kappa shape index (κ1) is 23.3. The van der Waals surface area contributed by atoms with Gasteiger partial charge in [-0.25, -0.2) is 4.79 Å². The van der Waals surface area contributed by atoms with E-state index in [0.717, 1.165) is 0 Å². The molecule has 3 aromatic rings. The van der Waals surface area contributed by atoms with Crippen molar-refractivity contribution in [1.29, 1.82) is 0 Å². The molecule has 8 heteroatoms. The van der Waals surface area contributed by atoms with E-state index in [2.05, 4.69) is 10.6 Å². The molecule has 0 aromatic heterocycles. The number of hydrogen-bond donors (Lipinski definition) is 3. The van der Waals surface area contributed by atoms with Crippen LogP contribution >= 0.6 is 0 Å². The summed E-state index contributed by atoms with van der Waals surface area (Å²) in [6, 6.07) is 19.8. The summed E-state index contributed by atoms with van der Waals surface area (Å²) in [5.74, 6) is 0.481. The maximum absolute atomic E-state index is 12.6. The summed E-state index contributed by atoms with van der Waals surface area (Å²) in [6.07, 6.45) is -0.549. The van der Waals surface area contributed by atoms with Gasteiger partial charge in [-0.2, -0.15) is 0 Å². The lowest BCUT2D eigenvalue weighted by molar-refractivity contribution is 0.0997. The van der Waals surface area contributed by atoms with Crippen molar-refractivity contribution in [1.82, 2.24) is 0 Å². The molecular weight excluding hydrogens is 422 g/mol. The number of nitrogens with one attached hydrogen (secondary N) is 2. The Bertz CT molecular complexity index is 1130. The van der Waals surface area contributed by atoms with E-state index in [9.17, 15) is 14.4 Å². The van der Waals surface area contributed by atoms with Crippen LogP contribution in [-0.2, 0) is 4.74 Å². The van der Waals surface area contributed by atoms with Crippen LogP contribution in [-0.4, -0.2) is 24.5 Å². The fourth-order valence-electron chi connectivity index (χ4n) is 2.77. The molecule has 3 amide bonds. The lowest BCUT2D eigenvalue weighted by Crippen LogP contribution is -2.17. The molecule has 170 valence electrons. The Hall–Kier alpha value is -4.33. The largest absolute Gasteiger partial charge is 0.457 e. The Kier molecular flexibility index (Phi) is 7.64. The molecule has 0 fully saturated rings. The maximum atomic E-state index is 12.6. The highest BCUT2D eigenvalue weighted by molar-refractivity contribution is 6.04. The zero-order valence-electron chi connectivity index (χ0n) is 18.3. The van der Waals surface area contributed by atoms with E-state index < -0.39 is 12.0 Å². The van der Waals surface area contributed by atoms with Gasteiger partial charge in [0, 0.05) is 22.5 Å². The first-order valence-electron chi connectivity index (χ1n) is 10.3. The number of carbonyl (C=O) groups excluding carboxylic acids is 3. The minimum Gasteiger partial charge on any atom is -0.457 e. The van der Waals surface area contributed by atoms with E-state index in [1.54, 1.807) is 72.8 Å². The van der Waals surface area contributed by atoms with Gasteiger partial charge in [0.25, 0.3) is 5.91 Å². The van der Waals surface area contributed by atoms with Gasteiger partial charge in [0.1, 0.15) is 11.5 Å². The summed E-state index contributed by atoms with van der Waals surface area (Å²) >= 11 is 0. The number of ether oxygens (including phenoxy) is 2. The molecule has 0 saturated heterocycles. The van der Waals surface area contributed by atoms with Gasteiger partial charge in [0.05, 0.1) is 6.61 Å². The van der Waals surface area contributed by atoms with Crippen LogP contribution in [0.4, 0.5) is 16.2 Å². The third kappa shape index (κ3) is 7.10. The Morgan fingerprint density at radius 3 is 1.91 bits per heavy atom. The van der Waals surface area contributed by atoms with E-state index in [-0.39, 0.29) is 11.8 Å². The highest BCUT2D eigenvalue weighted by atomic mass is 16.5. The monoisotopic (exact) mass is 447 g/mol. The Balaban J connectivity index is 1.58. The molecular formula is C25H25N3O5. The SMILES string of the molecule is CC(C)COC(=O)Nc1cccc(NC(=O)c2ccc(Oc3ccc(C(N)=O)cc3)cc2)c1. The standard InChI is InChI=1S/C25H25N3O5/c1-16(2)15-32-25(31)28-20-5-3-4-19(14-20)27-24(30)18-8-12-22(13-9-18)33-21-10-6-17(7-11-21)23(26)29/h3-14,16H,15H2,1-2H3,(H2,26,29)(H,27,30)(H,28,31). The number of carbonyl (C=O) groups is 3. The number of amides is 3. The number of benzene rings is 3. The Morgan fingerprint density at radius 1 is 0.818 bits per heavy atom. The van der Waals surface area contributed by atoms with E-state index in [1.807, 2.05) is 13.8 Å². The molecule has 4 N–H and O–H groups in total. The van der Waals surface area contributed by atoms with Crippen molar-refractivity contribution in [2.24, 2.45) is 11.7 Å². The molecule has 33 heavy (non-hydrogen) atoms. The van der Waals surface area contributed by atoms with Gasteiger partial charge in [0.2, 0.25) is 5.91 Å². The molecule has 0 radical (unpaired) electrons. The fraction of sp³-hybridized carbons (Fsp3) is 0.160. The highest BCUT2D eigenvalue weighted by Crippen LogP contribution is 2.23. The van der Waals surface area contributed by atoms with Crippen LogP contribution in [0.15, 0.2) is 72.8 Å². The lowest BCUT2D eigenvalue weighted by atomic mass is 10.2. The number of rotatable bonds is 8. The van der Waals surface area contributed by atoms with Crippen LogP contribution in [0.1, 0.15) is 34.6 Å². The first-order chi connectivity index (χ1) is 15.8. The van der Waals surface area contributed by atoms with E-state index >= 15 is 0 Å². The molecule has 0 aliphatic rings. The molecule has 0 atom stereocenters. The van der Waals surface area contributed by atoms with Gasteiger partial charge < -0.3 is 20.5 Å². The molecule has 0 bridgehead atoms. The van der Waals surface area contributed by atoms with Crippen molar-refractivity contribution in [3.8, 4) is 11.5 Å². The van der Waals surface area contributed by atoms with Crippen molar-refractivity contribution < 1.29 is 23.9 Å². The van der Waals surface area contributed by atoms with Crippen LogP contribution in [0, 0.1) is 5.92 Å². The zero-order valence-corrected chi connectivity index (χ0v) is 18.3. The smallest absolute Gasteiger partial charge is 0.411 e. The number of nitrogens with two attached hydrogens (primary N) is 1. The zero-order chi connectivity index (χ0) is 23.8. The highest BCUT2D eigenvalue weighted by Gasteiger charge is 2.09. The normalized spacial score (nSPS) is 10.4. The van der Waals surface area contributed by atoms with Gasteiger partial charge in [-0.05, 0) is 72.6 Å². The average Bonchev–Trinajstić information content (AvgIpc) is 2.79. The van der Waals surface area contributed by atoms with Gasteiger partial charge in [0.15, 0.2) is 0 Å². The van der Waals surface area contributed by atoms with Crippen LogP contribution in [0.3, 0.4) is 0 Å². The maximum Gasteiger partial charge on any atom is 0.411 e. The summed E-state index contributed by atoms with van der Waals surface area (Å²) < 4.78 is 10.8. The fourth-order valence-corrected chi connectivity index (χ4v) is 2.77. The van der Waals surface area contributed by atoms with Gasteiger partial charge >= 0.3 is 6.09 Å². The summed E-state index contributed by atoms with van der Waals surface area (Å²) in [7, 11) is 0. The van der Waals surface area contributed by atoms with E-state index in [4.69, 9.17) is 15.2 Å². The summed E-state index contributed by atoms with van der Waals surface area (Å²) in [5.41, 5.74) is 7.08. The first-order valence-corrected chi connectivity index (χ1v) is 10.3. The van der Waals surface area contributed by atoms with Crippen molar-refractivity contribution in [2.75, 3.05) is 17.2 Å². The number of hydrogen-bond acceptors (Lipinski definition) is 5. The molecule has 3 aromatic carbocycles. The molecule has 0 saturated carbocycles. The quantitative estimate of drug-likeness (QED) is 0.447. The third-order valence-electron chi connectivity index (χ3n) is 4.41. The van der Waals surface area contributed by atoms with Gasteiger partial charge in [-0.1, -0.05) is 19.9 Å². The third-order valence-corrected chi connectivity index (χ3v) is 4.41. The second-order valence-electron chi connectivity index (χ2n) is 7.67. The van der Waals surface area contributed by atoms with Gasteiger partial charge in [-0.15, -0.1) is 0 Å². The van der Waals surface area contributed by atoms with E-state index in [1.165, 1.54) is 0 Å². The van der Waals surface area contributed by atoms with E-state index in [0.29, 0.717) is 40.6 Å². The predicted molar refractivity (Wildman–Crippen MR) is 126 cm³/mol. The summed E-state index contributed by atoms with van der Waals surface area (Å²) in [5, 5.41) is 5.43. The number of anilines is 2.